The molecule has 2 aliphatic rings. The average molecular weight is 553 g/mol. The number of hydrogen-bond donors (Lipinski definition) is 1. The van der Waals surface area contributed by atoms with Crippen LogP contribution in [0.4, 0.5) is 0 Å². The van der Waals surface area contributed by atoms with Gasteiger partial charge in [0.2, 0.25) is 0 Å². The second-order valence-corrected chi connectivity index (χ2v) is 13.8. The van der Waals surface area contributed by atoms with Crippen molar-refractivity contribution in [2.45, 2.75) is 91.9 Å². The van der Waals surface area contributed by atoms with Crippen molar-refractivity contribution in [3.05, 3.63) is 0 Å². The van der Waals surface area contributed by atoms with Crippen LogP contribution in [-0.2, 0) is 50.6 Å². The van der Waals surface area contributed by atoms with Gasteiger partial charge in [-0.3, -0.25) is 0 Å². The van der Waals surface area contributed by atoms with Crippen LogP contribution in [-0.4, -0.2) is 31.3 Å². The molecule has 32 heavy (non-hydrogen) atoms. The molecule has 12 heteroatoms. The average Bonchev–Trinajstić information content (AvgIpc) is 2.76. The van der Waals surface area contributed by atoms with Crippen LogP contribution in [0.2, 0.25) is 0 Å². The van der Waals surface area contributed by atoms with Gasteiger partial charge in [-0.1, -0.05) is 64.2 Å². The first-order chi connectivity index (χ1) is 15.3. The minimum Gasteiger partial charge on any atom is -0.310 e. The second-order valence-electron chi connectivity index (χ2n) is 7.53. The fourth-order valence-electron chi connectivity index (χ4n) is 4.13. The molecule has 0 bridgehead atoms. The van der Waals surface area contributed by atoms with E-state index in [4.69, 9.17) is 55.5 Å². The van der Waals surface area contributed by atoms with Crippen LogP contribution >= 0.6 is 22.1 Å². The lowest BCUT2D eigenvalue weighted by Crippen LogP contribution is -2.20. The van der Waals surface area contributed by atoms with E-state index in [1.54, 1.807) is 25.7 Å². The molecule has 0 aromatic rings. The third-order valence-electron chi connectivity index (χ3n) is 5.32. The van der Waals surface area contributed by atoms with Gasteiger partial charge in [0.25, 0.3) is 0 Å². The van der Waals surface area contributed by atoms with E-state index in [0.717, 1.165) is 11.8 Å². The molecule has 2 aliphatic carbocycles. The minimum atomic E-state index is -2.87. The lowest BCUT2D eigenvalue weighted by Gasteiger charge is -2.32. The molecule has 0 radical (unpaired) electrons. The predicted octanol–water partition coefficient (Wildman–Crippen LogP) is 7.93. The maximum atomic E-state index is 8.46. The van der Waals surface area contributed by atoms with Gasteiger partial charge in [0.15, 0.2) is 0 Å². The summed E-state index contributed by atoms with van der Waals surface area (Å²) in [5, 5.41) is 0. The first-order valence-corrected chi connectivity index (χ1v) is 17.7. The van der Waals surface area contributed by atoms with Crippen LogP contribution in [0.3, 0.4) is 0 Å². The zero-order valence-electron chi connectivity index (χ0n) is 20.1. The first kappa shape index (κ1) is 33.2. The summed E-state index contributed by atoms with van der Waals surface area (Å²) < 4.78 is 35.4. The molecule has 1 N–H and O–H groups in total. The summed E-state index contributed by atoms with van der Waals surface area (Å²) in [6, 6.07) is 0. The van der Waals surface area contributed by atoms with Crippen molar-refractivity contribution in [1.82, 2.24) is 0 Å². The van der Waals surface area contributed by atoms with E-state index in [1.807, 2.05) is 27.7 Å². The molecule has 7 nitrogen and oxygen atoms in total. The van der Waals surface area contributed by atoms with Gasteiger partial charge in [-0.25, -0.2) is 8.88 Å². The smallest absolute Gasteiger partial charge is 0.310 e. The summed E-state index contributed by atoms with van der Waals surface area (Å²) in [7, 11) is -0.833. The largest absolute Gasteiger partial charge is 0.334 e. The zero-order chi connectivity index (χ0) is 24.3. The highest BCUT2D eigenvalue weighted by atomic mass is 32.5. The molecule has 2 saturated carbocycles. The molecule has 2 fully saturated rings. The number of rotatable bonds is 11. The molecular weight excluding hydrogens is 509 g/mol. The molecule has 0 aliphatic heterocycles. The Balaban J connectivity index is 0.000000554. The molecule has 0 unspecified atom stereocenters. The van der Waals surface area contributed by atoms with Gasteiger partial charge in [-0.05, 0) is 63.1 Å². The highest BCUT2D eigenvalue weighted by Crippen LogP contribution is 2.66. The molecule has 0 atom stereocenters. The van der Waals surface area contributed by atoms with E-state index < -0.39 is 22.1 Å². The highest BCUT2D eigenvalue weighted by molar-refractivity contribution is 8.14. The summed E-state index contributed by atoms with van der Waals surface area (Å²) >= 11 is 10.4. The summed E-state index contributed by atoms with van der Waals surface area (Å²) in [5.41, 5.74) is 0. The number of hydrogen-bond acceptors (Lipinski definition) is 8. The fourth-order valence-corrected chi connectivity index (χ4v) is 10.5. The van der Waals surface area contributed by atoms with Crippen molar-refractivity contribution < 1.29 is 31.9 Å². The molecule has 0 saturated heterocycles. The van der Waals surface area contributed by atoms with Gasteiger partial charge in [0.1, 0.15) is 0 Å². The highest BCUT2D eigenvalue weighted by Gasteiger charge is 2.32. The second kappa shape index (κ2) is 20.4. The van der Waals surface area contributed by atoms with Crippen molar-refractivity contribution in [3.63, 3.8) is 0 Å². The topological polar surface area (TPSA) is 83.5 Å². The van der Waals surface area contributed by atoms with Gasteiger partial charge in [-0.15, -0.1) is 0 Å². The van der Waals surface area contributed by atoms with Gasteiger partial charge < -0.3 is 23.0 Å². The fraction of sp³-hybridized carbons (Fsp3) is 1.00. The Labute approximate surface area is 207 Å². The maximum absolute atomic E-state index is 8.46. The molecule has 2 rings (SSSR count). The molecule has 0 heterocycles. The lowest BCUT2D eigenvalue weighted by atomic mass is 9.73. The van der Waals surface area contributed by atoms with E-state index >= 15 is 0 Å². The van der Waals surface area contributed by atoms with E-state index in [9.17, 15) is 0 Å². The summed E-state index contributed by atoms with van der Waals surface area (Å²) in [6.07, 6.45) is 15.4. The van der Waals surface area contributed by atoms with Gasteiger partial charge in [-0.2, -0.15) is 0 Å². The van der Waals surface area contributed by atoms with Crippen molar-refractivity contribution in [1.29, 1.82) is 0 Å². The van der Waals surface area contributed by atoms with Crippen molar-refractivity contribution in [3.8, 4) is 0 Å². The van der Waals surface area contributed by atoms with Gasteiger partial charge >= 0.3 is 22.1 Å². The van der Waals surface area contributed by atoms with Crippen LogP contribution < -0.4 is 0 Å². The molecule has 0 amide bonds. The van der Waals surface area contributed by atoms with Crippen LogP contribution in [0, 0.1) is 11.8 Å². The molecular formula is C20H43O7P3S2. The molecule has 192 valence electrons. The van der Waals surface area contributed by atoms with Crippen LogP contribution in [0.5, 0.6) is 0 Å². The minimum absolute atomic E-state index is 0.394. The van der Waals surface area contributed by atoms with E-state index in [1.165, 1.54) is 38.5 Å². The van der Waals surface area contributed by atoms with E-state index in [2.05, 4.69) is 0 Å². The molecule has 0 aromatic heterocycles. The summed E-state index contributed by atoms with van der Waals surface area (Å²) in [4.78, 5) is 6.99. The van der Waals surface area contributed by atoms with Crippen molar-refractivity contribution in [2.24, 2.45) is 11.8 Å². The Kier molecular flexibility index (Phi) is 21.1. The summed E-state index contributed by atoms with van der Waals surface area (Å²) in [6.45, 7) is 3.09. The molecule has 0 aromatic carbocycles. The van der Waals surface area contributed by atoms with Crippen LogP contribution in [0.1, 0.15) is 91.9 Å². The molecule has 0 spiro atoms. The SMILES string of the molecule is C1CCC(C2CCCCC2)CC1.CCOP(=S)(OCC)OP(=S)(OCC)OCC.O=PO. The Morgan fingerprint density at radius 2 is 0.938 bits per heavy atom. The van der Waals surface area contributed by atoms with Crippen LogP contribution in [0.25, 0.3) is 0 Å². The van der Waals surface area contributed by atoms with Crippen molar-refractivity contribution >= 4 is 45.7 Å². The standard InChI is InChI=1S/C12H22.C8H20O5P2S2.HO2P/c1-3-7-11(8-4-1)12-9-5-2-6-10-12;1-5-9-14(16,10-6-2)13-15(17,11-7-3)12-8-4;1-3-2/h11-12H,1-10H2;5-8H2,1-4H3;(H,1,2). The van der Waals surface area contributed by atoms with Crippen LogP contribution in [0.15, 0.2) is 0 Å². The van der Waals surface area contributed by atoms with Gasteiger partial charge in [0.05, 0.1) is 26.4 Å². The van der Waals surface area contributed by atoms with Gasteiger partial charge in [0, 0.05) is 0 Å². The zero-order valence-corrected chi connectivity index (χ0v) is 24.4. The summed E-state index contributed by atoms with van der Waals surface area (Å²) in [5.74, 6) is 2.28. The normalized spacial score (nSPS) is 18.4. The third kappa shape index (κ3) is 15.2. The van der Waals surface area contributed by atoms with E-state index in [-0.39, 0.29) is 0 Å². The Hall–Kier alpha value is 1.16. The van der Waals surface area contributed by atoms with Crippen molar-refractivity contribution in [2.75, 3.05) is 26.4 Å². The Morgan fingerprint density at radius 1 is 0.688 bits per heavy atom. The quantitative estimate of drug-likeness (QED) is 0.257. The van der Waals surface area contributed by atoms with E-state index in [0.29, 0.717) is 26.4 Å². The Morgan fingerprint density at radius 3 is 1.16 bits per heavy atom. The monoisotopic (exact) mass is 552 g/mol. The lowest BCUT2D eigenvalue weighted by molar-refractivity contribution is 0.176. The predicted molar refractivity (Wildman–Crippen MR) is 139 cm³/mol. The Bertz CT molecular complexity index is 493. The maximum Gasteiger partial charge on any atom is 0.334 e. The first-order valence-electron chi connectivity index (χ1n) is 11.8. The third-order valence-corrected chi connectivity index (χ3v) is 11.7.